The van der Waals surface area contributed by atoms with E-state index < -0.39 is 5.82 Å². The van der Waals surface area contributed by atoms with Crippen LogP contribution >= 0.6 is 11.3 Å². The van der Waals surface area contributed by atoms with Gasteiger partial charge in [0, 0.05) is 33.2 Å². The van der Waals surface area contributed by atoms with Crippen molar-refractivity contribution in [2.45, 2.75) is 20.4 Å². The number of hydrogen-bond donors (Lipinski definition) is 2. The molecule has 0 aliphatic rings. The Kier molecular flexibility index (Phi) is 6.18. The number of thiophene rings is 1. The molecule has 4 aromatic rings. The number of aromatic nitrogens is 1. The van der Waals surface area contributed by atoms with Crippen LogP contribution in [0.2, 0.25) is 0 Å². The van der Waals surface area contributed by atoms with Crippen molar-refractivity contribution in [3.05, 3.63) is 105 Å². The molecule has 0 bridgehead atoms. The Morgan fingerprint density at radius 3 is 2.34 bits per heavy atom. The first-order valence-electron chi connectivity index (χ1n) is 10.1. The van der Waals surface area contributed by atoms with E-state index in [4.69, 9.17) is 0 Å². The number of carbonyl (C=O) groups excluding carboxylic acids is 2. The van der Waals surface area contributed by atoms with Crippen LogP contribution in [0.3, 0.4) is 0 Å². The molecule has 2 aromatic heterocycles. The van der Waals surface area contributed by atoms with Crippen LogP contribution in [0.25, 0.3) is 0 Å². The van der Waals surface area contributed by atoms with E-state index in [-0.39, 0.29) is 11.8 Å². The topological polar surface area (TPSA) is 63.1 Å². The van der Waals surface area contributed by atoms with E-state index in [9.17, 15) is 14.0 Å². The minimum atomic E-state index is -0.430. The maximum Gasteiger partial charge on any atom is 0.257 e. The Morgan fingerprint density at radius 1 is 0.906 bits per heavy atom. The average molecular weight is 448 g/mol. The van der Waals surface area contributed by atoms with E-state index in [2.05, 4.69) is 21.3 Å². The standard InChI is InChI=1S/C25H22FN3O2S/c1-16-12-23(17(2)29(16)15-22-10-5-11-32-22)25(31)28-20-8-3-6-18(13-20)24(30)27-21-9-4-7-19(26)14-21/h3-14H,15H2,1-2H3,(H,27,30)(H,28,31). The summed E-state index contributed by atoms with van der Waals surface area (Å²) in [6.07, 6.45) is 0. The van der Waals surface area contributed by atoms with Crippen molar-refractivity contribution < 1.29 is 14.0 Å². The van der Waals surface area contributed by atoms with Gasteiger partial charge >= 0.3 is 0 Å². The van der Waals surface area contributed by atoms with Gasteiger partial charge in [-0.2, -0.15) is 0 Å². The van der Waals surface area contributed by atoms with Crippen molar-refractivity contribution in [3.63, 3.8) is 0 Å². The highest BCUT2D eigenvalue weighted by Gasteiger charge is 2.17. The number of nitrogens with zero attached hydrogens (tertiary/aromatic N) is 1. The molecule has 2 amide bonds. The summed E-state index contributed by atoms with van der Waals surface area (Å²) in [7, 11) is 0. The van der Waals surface area contributed by atoms with Crippen molar-refractivity contribution >= 4 is 34.5 Å². The van der Waals surface area contributed by atoms with Gasteiger partial charge in [0.05, 0.1) is 12.1 Å². The Morgan fingerprint density at radius 2 is 1.62 bits per heavy atom. The molecule has 7 heteroatoms. The molecule has 0 atom stereocenters. The third-order valence-corrected chi connectivity index (χ3v) is 6.04. The van der Waals surface area contributed by atoms with Gasteiger partial charge in [-0.25, -0.2) is 4.39 Å². The largest absolute Gasteiger partial charge is 0.343 e. The molecule has 4 rings (SSSR count). The predicted octanol–water partition coefficient (Wildman–Crippen LogP) is 5.86. The minimum absolute atomic E-state index is 0.238. The van der Waals surface area contributed by atoms with Crippen LogP contribution in [0.15, 0.2) is 72.1 Å². The second kappa shape index (κ2) is 9.20. The molecule has 0 aliphatic heterocycles. The second-order valence-corrected chi connectivity index (χ2v) is 8.48. The molecule has 0 aliphatic carbocycles. The monoisotopic (exact) mass is 447 g/mol. The van der Waals surface area contributed by atoms with Gasteiger partial charge in [-0.15, -0.1) is 11.3 Å². The number of aryl methyl sites for hydroxylation is 1. The Balaban J connectivity index is 1.49. The zero-order chi connectivity index (χ0) is 22.7. The first-order valence-corrected chi connectivity index (χ1v) is 11.0. The molecule has 0 fully saturated rings. The fourth-order valence-corrected chi connectivity index (χ4v) is 4.23. The van der Waals surface area contributed by atoms with Crippen LogP contribution in [0, 0.1) is 19.7 Å². The molecule has 0 saturated carbocycles. The lowest BCUT2D eigenvalue weighted by molar-refractivity contribution is 0.101. The number of hydrogen-bond acceptors (Lipinski definition) is 3. The smallest absolute Gasteiger partial charge is 0.257 e. The van der Waals surface area contributed by atoms with Crippen LogP contribution in [-0.2, 0) is 6.54 Å². The van der Waals surface area contributed by atoms with Gasteiger partial charge in [0.2, 0.25) is 0 Å². The Bertz CT molecular complexity index is 1280. The maximum atomic E-state index is 13.4. The average Bonchev–Trinajstić information content (AvgIpc) is 3.38. The van der Waals surface area contributed by atoms with Gasteiger partial charge in [0.1, 0.15) is 5.82 Å². The van der Waals surface area contributed by atoms with Crippen molar-refractivity contribution in [2.24, 2.45) is 0 Å². The summed E-state index contributed by atoms with van der Waals surface area (Å²) in [5.41, 5.74) is 3.70. The second-order valence-electron chi connectivity index (χ2n) is 7.45. The number of benzene rings is 2. The molecule has 32 heavy (non-hydrogen) atoms. The van der Waals surface area contributed by atoms with Crippen LogP contribution in [-0.4, -0.2) is 16.4 Å². The van der Waals surface area contributed by atoms with E-state index in [0.29, 0.717) is 22.5 Å². The van der Waals surface area contributed by atoms with Gasteiger partial charge in [-0.1, -0.05) is 18.2 Å². The zero-order valence-corrected chi connectivity index (χ0v) is 18.5. The zero-order valence-electron chi connectivity index (χ0n) is 17.7. The van der Waals surface area contributed by atoms with Gasteiger partial charge in [0.15, 0.2) is 0 Å². The predicted molar refractivity (Wildman–Crippen MR) is 126 cm³/mol. The van der Waals surface area contributed by atoms with E-state index >= 15 is 0 Å². The third kappa shape index (κ3) is 4.78. The fourth-order valence-electron chi connectivity index (χ4n) is 3.54. The Hall–Kier alpha value is -3.71. The number of halogens is 1. The number of amides is 2. The van der Waals surface area contributed by atoms with Crippen molar-refractivity contribution in [2.75, 3.05) is 10.6 Å². The van der Waals surface area contributed by atoms with Crippen LogP contribution in [0.1, 0.15) is 37.0 Å². The lowest BCUT2D eigenvalue weighted by Gasteiger charge is -2.10. The van der Waals surface area contributed by atoms with Crippen molar-refractivity contribution in [3.8, 4) is 0 Å². The molecule has 0 saturated heterocycles. The number of rotatable bonds is 6. The lowest BCUT2D eigenvalue weighted by atomic mass is 10.1. The first-order chi connectivity index (χ1) is 15.4. The molecule has 2 N–H and O–H groups in total. The van der Waals surface area contributed by atoms with Gasteiger partial charge < -0.3 is 15.2 Å². The van der Waals surface area contributed by atoms with Crippen LogP contribution in [0.5, 0.6) is 0 Å². The highest BCUT2D eigenvalue weighted by atomic mass is 32.1. The molecule has 0 radical (unpaired) electrons. The van der Waals surface area contributed by atoms with Crippen LogP contribution < -0.4 is 10.6 Å². The van der Waals surface area contributed by atoms with Gasteiger partial charge in [-0.3, -0.25) is 9.59 Å². The fraction of sp³-hybridized carbons (Fsp3) is 0.120. The number of nitrogens with one attached hydrogen (secondary N) is 2. The van der Waals surface area contributed by atoms with Crippen molar-refractivity contribution in [1.29, 1.82) is 0 Å². The van der Waals surface area contributed by atoms with E-state index in [1.54, 1.807) is 41.7 Å². The summed E-state index contributed by atoms with van der Waals surface area (Å²) in [5.74, 6) is -1.06. The molecule has 5 nitrogen and oxygen atoms in total. The third-order valence-electron chi connectivity index (χ3n) is 5.18. The Labute approximate surface area is 189 Å². The lowest BCUT2D eigenvalue weighted by Crippen LogP contribution is -2.15. The summed E-state index contributed by atoms with van der Waals surface area (Å²) in [6.45, 7) is 4.63. The first kappa shape index (κ1) is 21.5. The van der Waals surface area contributed by atoms with Gasteiger partial charge in [0.25, 0.3) is 11.8 Å². The number of anilines is 2. The summed E-state index contributed by atoms with van der Waals surface area (Å²) >= 11 is 1.68. The molecule has 2 aromatic carbocycles. The molecule has 2 heterocycles. The molecule has 0 unspecified atom stereocenters. The highest BCUT2D eigenvalue weighted by Crippen LogP contribution is 2.21. The quantitative estimate of drug-likeness (QED) is 0.389. The van der Waals surface area contributed by atoms with E-state index in [1.807, 2.05) is 31.4 Å². The summed E-state index contributed by atoms with van der Waals surface area (Å²) in [6, 6.07) is 18.3. The highest BCUT2D eigenvalue weighted by molar-refractivity contribution is 7.09. The summed E-state index contributed by atoms with van der Waals surface area (Å²) < 4.78 is 15.5. The maximum absolute atomic E-state index is 13.4. The molecular weight excluding hydrogens is 425 g/mol. The van der Waals surface area contributed by atoms with E-state index in [1.165, 1.54) is 23.1 Å². The van der Waals surface area contributed by atoms with E-state index in [0.717, 1.165) is 17.9 Å². The summed E-state index contributed by atoms with van der Waals surface area (Å²) in [4.78, 5) is 26.7. The molecule has 0 spiro atoms. The van der Waals surface area contributed by atoms with Crippen molar-refractivity contribution in [1.82, 2.24) is 4.57 Å². The molecule has 162 valence electrons. The normalized spacial score (nSPS) is 10.7. The number of carbonyl (C=O) groups is 2. The SMILES string of the molecule is Cc1cc(C(=O)Nc2cccc(C(=O)Nc3cccc(F)c3)c2)c(C)n1Cc1cccs1. The van der Waals surface area contributed by atoms with Gasteiger partial charge in [-0.05, 0) is 67.8 Å². The minimum Gasteiger partial charge on any atom is -0.343 e. The van der Waals surface area contributed by atoms with Crippen LogP contribution in [0.4, 0.5) is 15.8 Å². The summed E-state index contributed by atoms with van der Waals surface area (Å²) in [5, 5.41) is 7.57. The molecular formula is C25H22FN3O2S.